The summed E-state index contributed by atoms with van der Waals surface area (Å²) in [5, 5.41) is 2.92. The second-order valence-corrected chi connectivity index (χ2v) is 5.03. The molecule has 2 nitrogen and oxygen atoms in total. The lowest BCUT2D eigenvalue weighted by atomic mass is 10.2. The second-order valence-electron chi connectivity index (χ2n) is 4.18. The normalized spacial score (nSPS) is 15.1. The topological polar surface area (TPSA) is 29.1 Å². The van der Waals surface area contributed by atoms with Crippen LogP contribution < -0.4 is 5.32 Å². The van der Waals surface area contributed by atoms with E-state index in [0.717, 1.165) is 10.2 Å². The second kappa shape index (κ2) is 4.35. The summed E-state index contributed by atoms with van der Waals surface area (Å²) in [5.41, 5.74) is 2.05. The van der Waals surface area contributed by atoms with Crippen molar-refractivity contribution < 1.29 is 4.79 Å². The molecule has 1 N–H and O–H groups in total. The molecule has 2 rings (SSSR count). The largest absolute Gasteiger partial charge is 0.325 e. The predicted molar refractivity (Wildman–Crippen MR) is 64.8 cm³/mol. The molecule has 0 spiro atoms. The van der Waals surface area contributed by atoms with Crippen molar-refractivity contribution >= 4 is 27.5 Å². The molecule has 1 aromatic carbocycles. The summed E-state index contributed by atoms with van der Waals surface area (Å²) in [6.07, 6.45) is 3.09. The number of anilines is 1. The molecule has 1 amide bonds. The van der Waals surface area contributed by atoms with Gasteiger partial charge in [0.15, 0.2) is 0 Å². The molecular weight excluding hydrogens is 254 g/mol. The van der Waals surface area contributed by atoms with Crippen LogP contribution in [0.2, 0.25) is 0 Å². The molecule has 1 aliphatic rings. The molecule has 1 aliphatic carbocycles. The van der Waals surface area contributed by atoms with Crippen molar-refractivity contribution in [2.45, 2.75) is 26.2 Å². The Balaban J connectivity index is 1.99. The fraction of sp³-hybridized carbons (Fsp3) is 0.417. The first-order valence-electron chi connectivity index (χ1n) is 5.21. The Morgan fingerprint density at radius 1 is 1.53 bits per heavy atom. The van der Waals surface area contributed by atoms with Crippen molar-refractivity contribution in [3.63, 3.8) is 0 Å². The maximum Gasteiger partial charge on any atom is 0.224 e. The number of carbonyl (C=O) groups is 1. The summed E-state index contributed by atoms with van der Waals surface area (Å²) in [6.45, 7) is 2.03. The minimum Gasteiger partial charge on any atom is -0.325 e. The van der Waals surface area contributed by atoms with Crippen LogP contribution in [-0.2, 0) is 4.79 Å². The van der Waals surface area contributed by atoms with E-state index < -0.39 is 0 Å². The van der Waals surface area contributed by atoms with Crippen molar-refractivity contribution in [3.05, 3.63) is 28.2 Å². The van der Waals surface area contributed by atoms with Crippen LogP contribution >= 0.6 is 15.9 Å². The number of nitrogens with one attached hydrogen (secondary N) is 1. The van der Waals surface area contributed by atoms with Gasteiger partial charge in [-0.25, -0.2) is 0 Å². The Morgan fingerprint density at radius 3 is 2.87 bits per heavy atom. The lowest BCUT2D eigenvalue weighted by Crippen LogP contribution is -2.12. The van der Waals surface area contributed by atoms with Crippen LogP contribution in [0.1, 0.15) is 24.8 Å². The van der Waals surface area contributed by atoms with E-state index in [1.807, 2.05) is 25.1 Å². The van der Waals surface area contributed by atoms with Gasteiger partial charge >= 0.3 is 0 Å². The fourth-order valence-electron chi connectivity index (χ4n) is 1.51. The Bertz CT molecular complexity index is 385. The molecule has 1 aromatic rings. The monoisotopic (exact) mass is 267 g/mol. The van der Waals surface area contributed by atoms with E-state index in [1.165, 1.54) is 18.4 Å². The Hall–Kier alpha value is -0.830. The predicted octanol–water partition coefficient (Wildman–Crippen LogP) is 3.50. The molecule has 0 unspecified atom stereocenters. The van der Waals surface area contributed by atoms with Gasteiger partial charge in [0.05, 0.1) is 5.69 Å². The van der Waals surface area contributed by atoms with Crippen LogP contribution in [0.4, 0.5) is 5.69 Å². The summed E-state index contributed by atoms with van der Waals surface area (Å²) >= 11 is 3.44. The highest BCUT2D eigenvalue weighted by Crippen LogP contribution is 2.33. The molecule has 0 saturated heterocycles. The number of hydrogen-bond acceptors (Lipinski definition) is 1. The molecule has 80 valence electrons. The average molecular weight is 268 g/mol. The number of rotatable bonds is 3. The first kappa shape index (κ1) is 10.7. The summed E-state index contributed by atoms with van der Waals surface area (Å²) < 4.78 is 0.951. The lowest BCUT2D eigenvalue weighted by molar-refractivity contribution is -0.116. The van der Waals surface area contributed by atoms with Gasteiger partial charge < -0.3 is 5.32 Å². The number of benzene rings is 1. The van der Waals surface area contributed by atoms with Gasteiger partial charge in [-0.3, -0.25) is 4.79 Å². The van der Waals surface area contributed by atoms with Crippen molar-refractivity contribution in [3.8, 4) is 0 Å². The minimum absolute atomic E-state index is 0.127. The van der Waals surface area contributed by atoms with E-state index in [-0.39, 0.29) is 5.91 Å². The van der Waals surface area contributed by atoms with E-state index in [4.69, 9.17) is 0 Å². The van der Waals surface area contributed by atoms with Gasteiger partial charge in [-0.1, -0.05) is 6.07 Å². The van der Waals surface area contributed by atoms with Gasteiger partial charge in [0.1, 0.15) is 0 Å². The molecule has 3 heteroatoms. The lowest BCUT2D eigenvalue weighted by Gasteiger charge is -2.07. The third kappa shape index (κ3) is 3.06. The fourth-order valence-corrected chi connectivity index (χ4v) is 2.10. The summed E-state index contributed by atoms with van der Waals surface area (Å²) in [5.74, 6) is 0.760. The van der Waals surface area contributed by atoms with Gasteiger partial charge in [0.2, 0.25) is 5.91 Å². The van der Waals surface area contributed by atoms with Crippen molar-refractivity contribution in [2.75, 3.05) is 5.32 Å². The molecule has 0 aromatic heterocycles. The Labute approximate surface area is 98.2 Å². The molecule has 1 fully saturated rings. The summed E-state index contributed by atoms with van der Waals surface area (Å²) in [4.78, 5) is 11.6. The number of carbonyl (C=O) groups excluding carboxylic acids is 1. The van der Waals surface area contributed by atoms with Crippen LogP contribution in [0, 0.1) is 12.8 Å². The first-order chi connectivity index (χ1) is 7.15. The zero-order chi connectivity index (χ0) is 10.8. The van der Waals surface area contributed by atoms with E-state index in [0.29, 0.717) is 12.3 Å². The van der Waals surface area contributed by atoms with Crippen LogP contribution in [-0.4, -0.2) is 5.91 Å². The highest BCUT2D eigenvalue weighted by molar-refractivity contribution is 9.10. The maximum atomic E-state index is 11.6. The van der Waals surface area contributed by atoms with Gasteiger partial charge in [-0.15, -0.1) is 0 Å². The zero-order valence-corrected chi connectivity index (χ0v) is 10.3. The third-order valence-electron chi connectivity index (χ3n) is 2.57. The molecule has 15 heavy (non-hydrogen) atoms. The van der Waals surface area contributed by atoms with Gasteiger partial charge in [-0.05, 0) is 59.3 Å². The molecule has 1 saturated carbocycles. The highest BCUT2D eigenvalue weighted by atomic mass is 79.9. The molecule has 0 radical (unpaired) electrons. The molecular formula is C12H14BrNO. The van der Waals surface area contributed by atoms with Crippen LogP contribution in [0.5, 0.6) is 0 Å². The third-order valence-corrected chi connectivity index (χ3v) is 3.23. The molecule has 0 aliphatic heterocycles. The standard InChI is InChI=1S/C12H14BrNO/c1-8-2-5-11(10(13)6-8)14-12(15)7-9-3-4-9/h2,5-6,9H,3-4,7H2,1H3,(H,14,15). The van der Waals surface area contributed by atoms with Crippen LogP contribution in [0.25, 0.3) is 0 Å². The quantitative estimate of drug-likeness (QED) is 0.893. The molecule has 0 heterocycles. The van der Waals surface area contributed by atoms with E-state index in [9.17, 15) is 4.79 Å². The first-order valence-corrected chi connectivity index (χ1v) is 6.00. The number of amides is 1. The zero-order valence-electron chi connectivity index (χ0n) is 8.72. The maximum absolute atomic E-state index is 11.6. The number of hydrogen-bond donors (Lipinski definition) is 1. The van der Waals surface area contributed by atoms with E-state index >= 15 is 0 Å². The smallest absolute Gasteiger partial charge is 0.224 e. The number of halogens is 1. The Morgan fingerprint density at radius 2 is 2.27 bits per heavy atom. The van der Waals surface area contributed by atoms with Crippen LogP contribution in [0.3, 0.4) is 0 Å². The van der Waals surface area contributed by atoms with Crippen molar-refractivity contribution in [2.24, 2.45) is 5.92 Å². The van der Waals surface area contributed by atoms with E-state index in [1.54, 1.807) is 0 Å². The van der Waals surface area contributed by atoms with Gasteiger partial charge in [0, 0.05) is 10.9 Å². The summed E-state index contributed by atoms with van der Waals surface area (Å²) in [7, 11) is 0. The summed E-state index contributed by atoms with van der Waals surface area (Å²) in [6, 6.07) is 5.94. The average Bonchev–Trinajstić information content (AvgIpc) is 2.94. The van der Waals surface area contributed by atoms with Crippen molar-refractivity contribution in [1.29, 1.82) is 0 Å². The van der Waals surface area contributed by atoms with Gasteiger partial charge in [-0.2, -0.15) is 0 Å². The molecule has 0 bridgehead atoms. The van der Waals surface area contributed by atoms with Crippen molar-refractivity contribution in [1.82, 2.24) is 0 Å². The number of aryl methyl sites for hydroxylation is 1. The SMILES string of the molecule is Cc1ccc(NC(=O)CC2CC2)c(Br)c1. The minimum atomic E-state index is 0.127. The Kier molecular flexibility index (Phi) is 3.10. The molecule has 0 atom stereocenters. The van der Waals surface area contributed by atoms with Crippen LogP contribution in [0.15, 0.2) is 22.7 Å². The highest BCUT2D eigenvalue weighted by Gasteiger charge is 2.24. The van der Waals surface area contributed by atoms with Gasteiger partial charge in [0.25, 0.3) is 0 Å². The van der Waals surface area contributed by atoms with E-state index in [2.05, 4.69) is 21.2 Å².